The van der Waals surface area contributed by atoms with Gasteiger partial charge in [-0.2, -0.15) is 9.97 Å². The molecule has 148 valence electrons. The predicted molar refractivity (Wildman–Crippen MR) is 92.5 cm³/mol. The first kappa shape index (κ1) is 19.2. The van der Waals surface area contributed by atoms with Crippen LogP contribution in [-0.4, -0.2) is 78.7 Å². The average Bonchev–Trinajstić information content (AvgIpc) is 3.19. The smallest absolute Gasteiger partial charge is 0.262 e. The SMILES string of the molecule is CCN(N)C(=O)CO[C@@H]1[C@H](O)[C@@H](CO)O[C@H]1n1cnc2c(N)nc(N)nc21. The molecule has 27 heavy (non-hydrogen) atoms. The largest absolute Gasteiger partial charge is 0.394 e. The number of aliphatic hydroxyl groups is 2. The summed E-state index contributed by atoms with van der Waals surface area (Å²) >= 11 is 0. The molecule has 3 heterocycles. The van der Waals surface area contributed by atoms with Crippen LogP contribution in [-0.2, 0) is 14.3 Å². The number of aromatic nitrogens is 4. The van der Waals surface area contributed by atoms with E-state index in [4.69, 9.17) is 26.8 Å². The van der Waals surface area contributed by atoms with Crippen LogP contribution in [0.15, 0.2) is 6.33 Å². The highest BCUT2D eigenvalue weighted by molar-refractivity contribution is 5.82. The molecule has 1 fully saturated rings. The van der Waals surface area contributed by atoms with Crippen molar-refractivity contribution in [1.29, 1.82) is 0 Å². The highest BCUT2D eigenvalue weighted by atomic mass is 16.6. The molecule has 1 aliphatic heterocycles. The quantitative estimate of drug-likeness (QED) is 0.198. The fourth-order valence-electron chi connectivity index (χ4n) is 2.84. The van der Waals surface area contributed by atoms with E-state index in [0.29, 0.717) is 12.1 Å². The van der Waals surface area contributed by atoms with Gasteiger partial charge in [-0.25, -0.2) is 10.8 Å². The fourth-order valence-corrected chi connectivity index (χ4v) is 2.84. The molecule has 0 aromatic carbocycles. The Morgan fingerprint density at radius 2 is 2.19 bits per heavy atom. The number of amides is 1. The maximum atomic E-state index is 11.9. The van der Waals surface area contributed by atoms with Gasteiger partial charge in [0.1, 0.15) is 30.4 Å². The third-order valence-corrected chi connectivity index (χ3v) is 4.29. The number of aliphatic hydroxyl groups excluding tert-OH is 2. The molecule has 1 amide bonds. The number of nitrogen functional groups attached to an aromatic ring is 2. The summed E-state index contributed by atoms with van der Waals surface area (Å²) in [4.78, 5) is 24.0. The molecular weight excluding hydrogens is 360 g/mol. The molecule has 0 unspecified atom stereocenters. The van der Waals surface area contributed by atoms with E-state index < -0.39 is 37.1 Å². The highest BCUT2D eigenvalue weighted by Crippen LogP contribution is 2.34. The Kier molecular flexibility index (Phi) is 5.38. The molecule has 0 spiro atoms. The van der Waals surface area contributed by atoms with E-state index in [1.165, 1.54) is 10.9 Å². The predicted octanol–water partition coefficient (Wildman–Crippen LogP) is -2.65. The summed E-state index contributed by atoms with van der Waals surface area (Å²) in [6, 6.07) is 0. The van der Waals surface area contributed by atoms with Crippen molar-refractivity contribution < 1.29 is 24.5 Å². The average molecular weight is 382 g/mol. The Morgan fingerprint density at radius 3 is 2.85 bits per heavy atom. The summed E-state index contributed by atoms with van der Waals surface area (Å²) in [5.74, 6) is 5.09. The summed E-state index contributed by atoms with van der Waals surface area (Å²) in [7, 11) is 0. The van der Waals surface area contributed by atoms with Crippen molar-refractivity contribution >= 4 is 28.8 Å². The van der Waals surface area contributed by atoms with Gasteiger partial charge in [0.15, 0.2) is 17.7 Å². The third kappa shape index (κ3) is 3.50. The Morgan fingerprint density at radius 1 is 1.44 bits per heavy atom. The summed E-state index contributed by atoms with van der Waals surface area (Å²) in [6.45, 7) is 1.18. The van der Waals surface area contributed by atoms with Crippen molar-refractivity contribution in [2.45, 2.75) is 31.5 Å². The van der Waals surface area contributed by atoms with Gasteiger partial charge in [-0.3, -0.25) is 14.4 Å². The number of ether oxygens (including phenoxy) is 2. The van der Waals surface area contributed by atoms with Crippen LogP contribution in [0.3, 0.4) is 0 Å². The van der Waals surface area contributed by atoms with Crippen LogP contribution in [0.1, 0.15) is 13.2 Å². The lowest BCUT2D eigenvalue weighted by Gasteiger charge is -2.23. The molecule has 8 N–H and O–H groups in total. The summed E-state index contributed by atoms with van der Waals surface area (Å²) in [5, 5.41) is 20.9. The standard InChI is InChI=1S/C14H22N8O5/c1-2-22(17)7(24)4-26-10-9(25)6(3-23)27-13(10)21-5-18-8-11(15)19-14(16)20-12(8)21/h5-6,9-10,13,23,25H,2-4,17H2,1H3,(H4,15,16,19,20)/t6-,9-,10-,13-/m1/s1. The lowest BCUT2D eigenvalue weighted by molar-refractivity contribution is -0.143. The zero-order valence-electron chi connectivity index (χ0n) is 14.6. The first-order valence-electron chi connectivity index (χ1n) is 8.23. The molecule has 13 heteroatoms. The van der Waals surface area contributed by atoms with E-state index in [1.54, 1.807) is 6.92 Å². The van der Waals surface area contributed by atoms with Gasteiger partial charge in [0.05, 0.1) is 12.9 Å². The lowest BCUT2D eigenvalue weighted by Crippen LogP contribution is -2.42. The van der Waals surface area contributed by atoms with Crippen LogP contribution in [0.25, 0.3) is 11.2 Å². The number of carbonyl (C=O) groups is 1. The van der Waals surface area contributed by atoms with E-state index in [2.05, 4.69) is 15.0 Å². The number of nitrogens with zero attached hydrogens (tertiary/aromatic N) is 5. The van der Waals surface area contributed by atoms with Crippen molar-refractivity contribution in [3.05, 3.63) is 6.33 Å². The van der Waals surface area contributed by atoms with Gasteiger partial charge in [-0.15, -0.1) is 0 Å². The van der Waals surface area contributed by atoms with Gasteiger partial charge < -0.3 is 31.2 Å². The Bertz CT molecular complexity index is 829. The minimum Gasteiger partial charge on any atom is -0.394 e. The number of rotatable bonds is 6. The molecule has 3 rings (SSSR count). The number of hydrogen-bond acceptors (Lipinski definition) is 11. The van der Waals surface area contributed by atoms with Crippen molar-refractivity contribution in [2.75, 3.05) is 31.2 Å². The van der Waals surface area contributed by atoms with Gasteiger partial charge in [0.2, 0.25) is 5.95 Å². The molecule has 0 bridgehead atoms. The molecule has 0 radical (unpaired) electrons. The molecule has 1 aliphatic rings. The summed E-state index contributed by atoms with van der Waals surface area (Å²) in [5.41, 5.74) is 12.0. The van der Waals surface area contributed by atoms with Crippen LogP contribution < -0.4 is 17.3 Å². The van der Waals surface area contributed by atoms with Gasteiger partial charge in [0, 0.05) is 6.54 Å². The van der Waals surface area contributed by atoms with Crippen LogP contribution in [0.4, 0.5) is 11.8 Å². The minimum atomic E-state index is -1.20. The van der Waals surface area contributed by atoms with Crippen molar-refractivity contribution in [3.8, 4) is 0 Å². The Labute approximate surface area is 153 Å². The van der Waals surface area contributed by atoms with Crippen molar-refractivity contribution in [3.63, 3.8) is 0 Å². The fraction of sp³-hybridized carbons (Fsp3) is 0.571. The topological polar surface area (TPSA) is 201 Å². The second-order valence-corrected chi connectivity index (χ2v) is 5.98. The van der Waals surface area contributed by atoms with E-state index in [-0.39, 0.29) is 24.0 Å². The molecule has 13 nitrogen and oxygen atoms in total. The normalized spacial score (nSPS) is 25.2. The first-order chi connectivity index (χ1) is 12.9. The summed E-state index contributed by atoms with van der Waals surface area (Å²) < 4.78 is 12.7. The number of imidazole rings is 1. The number of anilines is 2. The minimum absolute atomic E-state index is 0.0617. The second-order valence-electron chi connectivity index (χ2n) is 5.98. The molecule has 0 saturated carbocycles. The number of fused-ring (bicyclic) bond motifs is 1. The maximum Gasteiger partial charge on any atom is 0.262 e. The van der Waals surface area contributed by atoms with Crippen molar-refractivity contribution in [1.82, 2.24) is 24.5 Å². The Balaban J connectivity index is 1.91. The first-order valence-corrected chi connectivity index (χ1v) is 8.23. The molecule has 2 aromatic heterocycles. The second kappa shape index (κ2) is 7.58. The van der Waals surface area contributed by atoms with Crippen molar-refractivity contribution in [2.24, 2.45) is 5.84 Å². The monoisotopic (exact) mass is 382 g/mol. The zero-order valence-corrected chi connectivity index (χ0v) is 14.6. The van der Waals surface area contributed by atoms with Crippen LogP contribution in [0.5, 0.6) is 0 Å². The van der Waals surface area contributed by atoms with E-state index in [0.717, 1.165) is 5.01 Å². The number of hydrazine groups is 1. The molecule has 2 aromatic rings. The van der Waals surface area contributed by atoms with Crippen LogP contribution in [0, 0.1) is 0 Å². The van der Waals surface area contributed by atoms with Gasteiger partial charge in [-0.1, -0.05) is 0 Å². The molecular formula is C14H22N8O5. The number of carbonyl (C=O) groups excluding carboxylic acids is 1. The zero-order chi connectivity index (χ0) is 19.7. The summed E-state index contributed by atoms with van der Waals surface area (Å²) in [6.07, 6.45) is -2.67. The van der Waals surface area contributed by atoms with E-state index in [9.17, 15) is 15.0 Å². The van der Waals surface area contributed by atoms with E-state index >= 15 is 0 Å². The molecule has 1 saturated heterocycles. The van der Waals surface area contributed by atoms with Gasteiger partial charge >= 0.3 is 0 Å². The maximum absolute atomic E-state index is 11.9. The number of likely N-dealkylation sites (N-methyl/N-ethyl adjacent to an activating group) is 1. The lowest BCUT2D eigenvalue weighted by atomic mass is 10.1. The van der Waals surface area contributed by atoms with Crippen LogP contribution >= 0.6 is 0 Å². The highest BCUT2D eigenvalue weighted by Gasteiger charge is 2.46. The number of nitrogens with two attached hydrogens (primary N) is 3. The number of hydrogen-bond donors (Lipinski definition) is 5. The molecule has 0 aliphatic carbocycles. The van der Waals surface area contributed by atoms with Gasteiger partial charge in [0.25, 0.3) is 5.91 Å². The van der Waals surface area contributed by atoms with Crippen LogP contribution in [0.2, 0.25) is 0 Å². The Hall–Kier alpha value is -2.58. The third-order valence-electron chi connectivity index (χ3n) is 4.29. The van der Waals surface area contributed by atoms with E-state index in [1.807, 2.05) is 0 Å². The van der Waals surface area contributed by atoms with Gasteiger partial charge in [-0.05, 0) is 6.92 Å². The molecule has 4 atom stereocenters.